The van der Waals surface area contributed by atoms with Crippen molar-refractivity contribution in [2.75, 3.05) is 20.2 Å². The van der Waals surface area contributed by atoms with E-state index >= 15 is 0 Å². The van der Waals surface area contributed by atoms with Crippen LogP contribution in [-0.4, -0.2) is 48.7 Å². The van der Waals surface area contributed by atoms with Crippen molar-refractivity contribution in [1.29, 1.82) is 0 Å². The Morgan fingerprint density at radius 1 is 1.30 bits per heavy atom. The van der Waals surface area contributed by atoms with Gasteiger partial charge in [-0.15, -0.1) is 0 Å². The van der Waals surface area contributed by atoms with Crippen LogP contribution in [0, 0.1) is 5.92 Å². The highest BCUT2D eigenvalue weighted by Gasteiger charge is 2.50. The Labute approximate surface area is 122 Å². The molecule has 0 radical (unpaired) electrons. The number of esters is 1. The monoisotopic (exact) mass is 280 g/mol. The van der Waals surface area contributed by atoms with Crippen LogP contribution >= 0.6 is 0 Å². The predicted octanol–water partition coefficient (Wildman–Crippen LogP) is 1.93. The van der Waals surface area contributed by atoms with Crippen molar-refractivity contribution in [2.45, 2.75) is 69.5 Å². The zero-order chi connectivity index (χ0) is 14.2. The van der Waals surface area contributed by atoms with Gasteiger partial charge in [0.2, 0.25) is 0 Å². The molecule has 3 aliphatic carbocycles. The maximum Gasteiger partial charge on any atom is 0.326 e. The van der Waals surface area contributed by atoms with Gasteiger partial charge in [0.05, 0.1) is 7.11 Å². The van der Waals surface area contributed by atoms with Crippen LogP contribution in [0.2, 0.25) is 0 Å². The smallest absolute Gasteiger partial charge is 0.326 e. The molecule has 114 valence electrons. The Morgan fingerprint density at radius 3 is 2.60 bits per heavy atom. The second kappa shape index (κ2) is 5.64. The van der Waals surface area contributed by atoms with Gasteiger partial charge in [0.25, 0.3) is 0 Å². The minimum absolute atomic E-state index is 0.0469. The van der Waals surface area contributed by atoms with Crippen LogP contribution in [0.1, 0.15) is 51.9 Å². The van der Waals surface area contributed by atoms with E-state index in [1.807, 2.05) is 0 Å². The predicted molar refractivity (Wildman–Crippen MR) is 78.5 cm³/mol. The SMILES string of the molecule is CCN(CC1CC1)C1CCC(NC2CC2)(C(=O)OC)C1. The van der Waals surface area contributed by atoms with E-state index in [0.717, 1.165) is 31.7 Å². The summed E-state index contributed by atoms with van der Waals surface area (Å²) in [6.07, 6.45) is 8.19. The number of methoxy groups -OCH3 is 1. The van der Waals surface area contributed by atoms with Gasteiger partial charge >= 0.3 is 5.97 Å². The normalized spacial score (nSPS) is 33.6. The summed E-state index contributed by atoms with van der Waals surface area (Å²) in [5, 5.41) is 3.59. The van der Waals surface area contributed by atoms with Gasteiger partial charge in [-0.25, -0.2) is 0 Å². The van der Waals surface area contributed by atoms with Crippen molar-refractivity contribution in [3.63, 3.8) is 0 Å². The molecule has 0 amide bonds. The van der Waals surface area contributed by atoms with Gasteiger partial charge < -0.3 is 9.64 Å². The van der Waals surface area contributed by atoms with Crippen LogP contribution in [0.4, 0.5) is 0 Å². The van der Waals surface area contributed by atoms with E-state index in [9.17, 15) is 4.79 Å². The molecule has 0 aromatic heterocycles. The fourth-order valence-corrected chi connectivity index (χ4v) is 3.69. The number of nitrogens with zero attached hydrogens (tertiary/aromatic N) is 1. The van der Waals surface area contributed by atoms with Gasteiger partial charge in [0, 0.05) is 18.6 Å². The Hall–Kier alpha value is -0.610. The van der Waals surface area contributed by atoms with Crippen LogP contribution in [0.15, 0.2) is 0 Å². The first kappa shape index (κ1) is 14.3. The molecule has 3 fully saturated rings. The van der Waals surface area contributed by atoms with Crippen molar-refractivity contribution < 1.29 is 9.53 Å². The lowest BCUT2D eigenvalue weighted by molar-refractivity contribution is -0.148. The molecule has 0 aromatic rings. The quantitative estimate of drug-likeness (QED) is 0.724. The number of ether oxygens (including phenoxy) is 1. The van der Waals surface area contributed by atoms with E-state index in [4.69, 9.17) is 4.74 Å². The molecule has 4 heteroatoms. The van der Waals surface area contributed by atoms with E-state index in [0.29, 0.717) is 12.1 Å². The summed E-state index contributed by atoms with van der Waals surface area (Å²) in [6, 6.07) is 1.09. The highest BCUT2D eigenvalue weighted by Crippen LogP contribution is 2.39. The number of rotatable bonds is 7. The average Bonchev–Trinajstić information content (AvgIpc) is 3.37. The third-order valence-electron chi connectivity index (χ3n) is 5.23. The molecule has 3 aliphatic rings. The molecule has 3 rings (SSSR count). The van der Waals surface area contributed by atoms with E-state index in [1.165, 1.54) is 39.3 Å². The molecule has 0 aliphatic heterocycles. The van der Waals surface area contributed by atoms with Crippen LogP contribution < -0.4 is 5.32 Å². The maximum absolute atomic E-state index is 12.3. The van der Waals surface area contributed by atoms with Crippen molar-refractivity contribution >= 4 is 5.97 Å². The highest BCUT2D eigenvalue weighted by atomic mass is 16.5. The van der Waals surface area contributed by atoms with Crippen molar-refractivity contribution in [1.82, 2.24) is 10.2 Å². The summed E-state index contributed by atoms with van der Waals surface area (Å²) in [5.41, 5.74) is -0.405. The van der Waals surface area contributed by atoms with Gasteiger partial charge in [-0.1, -0.05) is 6.92 Å². The Morgan fingerprint density at radius 2 is 2.05 bits per heavy atom. The molecule has 1 N–H and O–H groups in total. The van der Waals surface area contributed by atoms with Gasteiger partial charge in [0.1, 0.15) is 5.54 Å². The third-order valence-corrected chi connectivity index (χ3v) is 5.23. The van der Waals surface area contributed by atoms with E-state index in [2.05, 4.69) is 17.1 Å². The zero-order valence-electron chi connectivity index (χ0n) is 12.9. The summed E-state index contributed by atoms with van der Waals surface area (Å²) in [5.74, 6) is 0.869. The molecule has 0 heterocycles. The lowest BCUT2D eigenvalue weighted by Crippen LogP contribution is -2.53. The van der Waals surface area contributed by atoms with Gasteiger partial charge in [0.15, 0.2) is 0 Å². The van der Waals surface area contributed by atoms with E-state index < -0.39 is 5.54 Å². The second-order valence-electron chi connectivity index (χ2n) is 6.92. The van der Waals surface area contributed by atoms with Gasteiger partial charge in [-0.05, 0) is 57.4 Å². The molecule has 3 saturated carbocycles. The Balaban J connectivity index is 1.65. The highest BCUT2D eigenvalue weighted by molar-refractivity contribution is 5.81. The molecule has 2 unspecified atom stereocenters. The maximum atomic E-state index is 12.3. The Bertz CT molecular complexity index is 365. The number of hydrogen-bond acceptors (Lipinski definition) is 4. The standard InChI is InChI=1S/C16H28N2O2/c1-3-18(11-12-4-5-12)14-8-9-16(10-14,15(19)20-2)17-13-6-7-13/h12-14,17H,3-11H2,1-2H3. The molecule has 0 spiro atoms. The molecule has 20 heavy (non-hydrogen) atoms. The van der Waals surface area contributed by atoms with Crippen molar-refractivity contribution in [2.24, 2.45) is 5.92 Å². The molecule has 0 aromatic carbocycles. The Kier molecular flexibility index (Phi) is 4.04. The van der Waals surface area contributed by atoms with Crippen LogP contribution in [0.25, 0.3) is 0 Å². The zero-order valence-corrected chi connectivity index (χ0v) is 12.9. The van der Waals surface area contributed by atoms with Gasteiger partial charge in [-0.3, -0.25) is 10.1 Å². The third kappa shape index (κ3) is 3.01. The topological polar surface area (TPSA) is 41.6 Å². The summed E-state index contributed by atoms with van der Waals surface area (Å²) in [6.45, 7) is 4.57. The van der Waals surface area contributed by atoms with Gasteiger partial charge in [-0.2, -0.15) is 0 Å². The summed E-state index contributed by atoms with van der Waals surface area (Å²) < 4.78 is 5.10. The van der Waals surface area contributed by atoms with Crippen molar-refractivity contribution in [3.05, 3.63) is 0 Å². The minimum atomic E-state index is -0.405. The molecule has 0 bridgehead atoms. The molecular formula is C16H28N2O2. The van der Waals surface area contributed by atoms with E-state index in [-0.39, 0.29) is 5.97 Å². The molecule has 4 nitrogen and oxygen atoms in total. The summed E-state index contributed by atoms with van der Waals surface area (Å²) >= 11 is 0. The fourth-order valence-electron chi connectivity index (χ4n) is 3.69. The summed E-state index contributed by atoms with van der Waals surface area (Å²) in [4.78, 5) is 14.9. The number of carbonyl (C=O) groups is 1. The minimum Gasteiger partial charge on any atom is -0.468 e. The summed E-state index contributed by atoms with van der Waals surface area (Å²) in [7, 11) is 1.52. The largest absolute Gasteiger partial charge is 0.468 e. The van der Waals surface area contributed by atoms with Crippen molar-refractivity contribution in [3.8, 4) is 0 Å². The first-order valence-corrected chi connectivity index (χ1v) is 8.27. The average molecular weight is 280 g/mol. The molecule has 0 saturated heterocycles. The van der Waals surface area contributed by atoms with Crippen LogP contribution in [0.5, 0.6) is 0 Å². The fraction of sp³-hybridized carbons (Fsp3) is 0.938. The second-order valence-corrected chi connectivity index (χ2v) is 6.92. The molecule has 2 atom stereocenters. The number of nitrogens with one attached hydrogen (secondary N) is 1. The first-order chi connectivity index (χ1) is 9.66. The lowest BCUT2D eigenvalue weighted by Gasteiger charge is -2.31. The number of hydrogen-bond donors (Lipinski definition) is 1. The number of carbonyl (C=O) groups excluding carboxylic acids is 1. The van der Waals surface area contributed by atoms with Crippen LogP contribution in [-0.2, 0) is 9.53 Å². The first-order valence-electron chi connectivity index (χ1n) is 8.27. The van der Waals surface area contributed by atoms with Crippen LogP contribution in [0.3, 0.4) is 0 Å². The lowest BCUT2D eigenvalue weighted by atomic mass is 9.96. The van der Waals surface area contributed by atoms with E-state index in [1.54, 1.807) is 0 Å². The molecular weight excluding hydrogens is 252 g/mol.